The summed E-state index contributed by atoms with van der Waals surface area (Å²) in [4.78, 5) is 24.6. The Kier molecular flexibility index (Phi) is 6.30. The van der Waals surface area contributed by atoms with Gasteiger partial charge in [0.15, 0.2) is 0 Å². The van der Waals surface area contributed by atoms with Crippen molar-refractivity contribution in [1.82, 2.24) is 0 Å². The van der Waals surface area contributed by atoms with E-state index in [0.717, 1.165) is 0 Å². The zero-order valence-electron chi connectivity index (χ0n) is 8.76. The number of rotatable bonds is 6. The minimum absolute atomic E-state index is 0.0592. The van der Waals surface area contributed by atoms with Crippen LogP contribution in [0.5, 0.6) is 0 Å². The summed E-state index contributed by atoms with van der Waals surface area (Å²) in [5, 5.41) is 0.988. The van der Waals surface area contributed by atoms with E-state index >= 15 is 0 Å². The standard InChI is InChI=1S/C12H8O2SSe2/c1-3-7-16-11(13)9-5-6-10(15-9)12(14)17-8-4-2/h1-2,5-6H,7-8H2. The molecule has 0 unspecified atom stereocenters. The maximum absolute atomic E-state index is 11.7. The van der Waals surface area contributed by atoms with Crippen LogP contribution in [0, 0.1) is 24.7 Å². The van der Waals surface area contributed by atoms with E-state index in [2.05, 4.69) is 11.8 Å². The first-order valence-electron chi connectivity index (χ1n) is 4.50. The van der Waals surface area contributed by atoms with Gasteiger partial charge in [-0.05, 0) is 0 Å². The topological polar surface area (TPSA) is 34.1 Å². The second-order valence-electron chi connectivity index (χ2n) is 2.72. The van der Waals surface area contributed by atoms with Crippen molar-refractivity contribution in [2.45, 2.75) is 10.6 Å². The molecule has 2 nitrogen and oxygen atoms in total. The first-order chi connectivity index (χ1) is 8.19. The zero-order valence-corrected chi connectivity index (χ0v) is 13.0. The molecule has 1 aromatic heterocycles. The molecule has 17 heavy (non-hydrogen) atoms. The fourth-order valence-corrected chi connectivity index (χ4v) is 4.51. The number of terminal acetylenes is 2. The first-order valence-corrected chi connectivity index (χ1v) is 9.45. The van der Waals surface area contributed by atoms with Crippen LogP contribution in [-0.4, -0.2) is 39.3 Å². The molecule has 1 aromatic rings. The molecular weight excluding hydrogens is 366 g/mol. The predicted molar refractivity (Wildman–Crippen MR) is 71.8 cm³/mol. The van der Waals surface area contributed by atoms with Crippen LogP contribution in [0.25, 0.3) is 0 Å². The molecule has 0 atom stereocenters. The summed E-state index contributed by atoms with van der Waals surface area (Å²) in [6.45, 7) is 0. The molecule has 0 saturated carbocycles. The third-order valence-corrected chi connectivity index (χ3v) is 6.58. The van der Waals surface area contributed by atoms with Gasteiger partial charge in [0, 0.05) is 0 Å². The fraction of sp³-hybridized carbons (Fsp3) is 0.167. The van der Waals surface area contributed by atoms with E-state index in [1.54, 1.807) is 12.1 Å². The van der Waals surface area contributed by atoms with Gasteiger partial charge in [0.2, 0.25) is 0 Å². The molecule has 0 aromatic carbocycles. The van der Waals surface area contributed by atoms with Crippen molar-refractivity contribution in [3.63, 3.8) is 0 Å². The summed E-state index contributed by atoms with van der Waals surface area (Å²) in [5.74, 6) is 4.90. The van der Waals surface area contributed by atoms with E-state index in [-0.39, 0.29) is 39.3 Å². The molecular formula is C12H8O2SSe2. The maximum atomic E-state index is 11.7. The minimum atomic E-state index is -0.218. The molecule has 0 aliphatic rings. The van der Waals surface area contributed by atoms with E-state index in [4.69, 9.17) is 12.8 Å². The average Bonchev–Trinajstić information content (AvgIpc) is 2.82. The molecule has 1 heterocycles. The summed E-state index contributed by atoms with van der Waals surface area (Å²) in [6.07, 6.45) is 10.2. The van der Waals surface area contributed by atoms with Crippen molar-refractivity contribution in [1.29, 1.82) is 0 Å². The molecule has 86 valence electrons. The molecule has 0 saturated heterocycles. The Labute approximate surface area is 117 Å². The van der Waals surface area contributed by atoms with Gasteiger partial charge in [-0.2, -0.15) is 0 Å². The van der Waals surface area contributed by atoms with Crippen molar-refractivity contribution in [3.05, 3.63) is 21.9 Å². The summed E-state index contributed by atoms with van der Waals surface area (Å²) >= 11 is 0.808. The average molecular weight is 374 g/mol. The third kappa shape index (κ3) is 4.52. The molecule has 0 aliphatic carbocycles. The van der Waals surface area contributed by atoms with E-state index in [1.807, 2.05) is 0 Å². The van der Waals surface area contributed by atoms with E-state index in [9.17, 15) is 9.59 Å². The molecule has 0 spiro atoms. The van der Waals surface area contributed by atoms with Crippen LogP contribution in [0.1, 0.15) is 19.3 Å². The van der Waals surface area contributed by atoms with Gasteiger partial charge in [0.1, 0.15) is 0 Å². The van der Waals surface area contributed by atoms with Gasteiger partial charge in [0.05, 0.1) is 0 Å². The summed E-state index contributed by atoms with van der Waals surface area (Å²) in [5.41, 5.74) is 0. The summed E-state index contributed by atoms with van der Waals surface area (Å²) in [7, 11) is 0. The van der Waals surface area contributed by atoms with E-state index in [0.29, 0.717) is 20.4 Å². The number of hydrogen-bond donors (Lipinski definition) is 0. The van der Waals surface area contributed by atoms with Crippen molar-refractivity contribution in [2.75, 3.05) is 0 Å². The summed E-state index contributed by atoms with van der Waals surface area (Å²) < 4.78 is 0.118. The molecule has 0 radical (unpaired) electrons. The van der Waals surface area contributed by atoms with Crippen molar-refractivity contribution in [3.8, 4) is 24.7 Å². The SMILES string of the molecule is C#CC[Se]C(=O)c1ccc(C(=O)[Se]CC#C)s1. The normalized spacial score (nSPS) is 9.29. The molecule has 0 bridgehead atoms. The van der Waals surface area contributed by atoms with Gasteiger partial charge in [0.25, 0.3) is 0 Å². The van der Waals surface area contributed by atoms with E-state index in [1.165, 1.54) is 11.3 Å². The van der Waals surface area contributed by atoms with Crippen LogP contribution in [-0.2, 0) is 0 Å². The Morgan fingerprint density at radius 1 is 1.06 bits per heavy atom. The van der Waals surface area contributed by atoms with Crippen LogP contribution in [0.2, 0.25) is 10.6 Å². The molecule has 0 amide bonds. The Bertz CT molecular complexity index is 461. The van der Waals surface area contributed by atoms with Gasteiger partial charge in [-0.25, -0.2) is 0 Å². The molecule has 1 rings (SSSR count). The van der Waals surface area contributed by atoms with Gasteiger partial charge in [-0.1, -0.05) is 0 Å². The van der Waals surface area contributed by atoms with E-state index < -0.39 is 0 Å². The third-order valence-electron chi connectivity index (χ3n) is 1.58. The van der Waals surface area contributed by atoms with Gasteiger partial charge in [-0.15, -0.1) is 0 Å². The predicted octanol–water partition coefficient (Wildman–Crippen LogP) is 1.54. The number of carbonyl (C=O) groups is 2. The molecule has 0 fully saturated rings. The monoisotopic (exact) mass is 376 g/mol. The molecule has 5 heteroatoms. The fourth-order valence-electron chi connectivity index (χ4n) is 0.914. The first kappa shape index (κ1) is 14.3. The Morgan fingerprint density at radius 3 is 1.82 bits per heavy atom. The Hall–Kier alpha value is -0.801. The van der Waals surface area contributed by atoms with Crippen LogP contribution in [0.3, 0.4) is 0 Å². The molecule has 0 N–H and O–H groups in total. The second kappa shape index (κ2) is 7.51. The number of carbonyl (C=O) groups excluding carboxylic acids is 2. The Balaban J connectivity index is 2.65. The van der Waals surface area contributed by atoms with Gasteiger partial charge in [-0.3, -0.25) is 0 Å². The summed E-state index contributed by atoms with van der Waals surface area (Å²) in [6, 6.07) is 3.40. The molecule has 0 aliphatic heterocycles. The quantitative estimate of drug-likeness (QED) is 0.559. The van der Waals surface area contributed by atoms with Gasteiger partial charge >= 0.3 is 117 Å². The Morgan fingerprint density at radius 2 is 1.47 bits per heavy atom. The van der Waals surface area contributed by atoms with Crippen LogP contribution < -0.4 is 0 Å². The zero-order chi connectivity index (χ0) is 12.7. The van der Waals surface area contributed by atoms with Crippen molar-refractivity contribution >= 4 is 50.6 Å². The van der Waals surface area contributed by atoms with Crippen LogP contribution >= 0.6 is 11.3 Å². The van der Waals surface area contributed by atoms with Crippen LogP contribution in [0.15, 0.2) is 12.1 Å². The second-order valence-corrected chi connectivity index (χ2v) is 7.79. The number of hydrogen-bond acceptors (Lipinski definition) is 3. The number of thiophene rings is 1. The van der Waals surface area contributed by atoms with Crippen molar-refractivity contribution < 1.29 is 9.59 Å². The van der Waals surface area contributed by atoms with Crippen LogP contribution in [0.4, 0.5) is 0 Å². The van der Waals surface area contributed by atoms with Crippen molar-refractivity contribution in [2.24, 2.45) is 0 Å². The van der Waals surface area contributed by atoms with Gasteiger partial charge < -0.3 is 0 Å².